The molecule has 1 aromatic rings. The molecule has 0 saturated heterocycles. The molecule has 0 aliphatic rings. The highest BCUT2D eigenvalue weighted by molar-refractivity contribution is 6.02. The van der Waals surface area contributed by atoms with E-state index in [-0.39, 0.29) is 43.4 Å². The summed E-state index contributed by atoms with van der Waals surface area (Å²) in [7, 11) is 0. The van der Waals surface area contributed by atoms with Crippen LogP contribution in [0.5, 0.6) is 0 Å². The zero-order valence-electron chi connectivity index (χ0n) is 37.0. The summed E-state index contributed by atoms with van der Waals surface area (Å²) in [5.74, 6) is -2.25. The quantitative estimate of drug-likeness (QED) is 0.0222. The normalized spacial score (nSPS) is 19.6. The standard InChI is InChI=1S/C38H73N7O21/c1-4-17(49)28(58)29(59)19(51)9-44(10-20(52)30(60)33(63)23(55)13-46)8-7-18(50)26-36(39-5-2)43-27(37(42-26)40-6-3)38(66)41-16-45(11-21(53)31(61)34(64)24(56)14-47)12-22(54)32(62)35(65)25(57)15-48/h17,19-25,28-35,46-49,51-65H,4-16H2,1-3H3,(H,39,43)(H,40,42)(H,41,66). The molecule has 1 aromatic heterocycles. The molecule has 28 nitrogen and oxygen atoms in total. The van der Waals surface area contributed by atoms with Crippen LogP contribution in [0.4, 0.5) is 11.6 Å². The second-order valence-electron chi connectivity index (χ2n) is 15.7. The molecule has 0 spiro atoms. The van der Waals surface area contributed by atoms with E-state index < -0.39 is 174 Å². The van der Waals surface area contributed by atoms with Gasteiger partial charge in [0.1, 0.15) is 67.1 Å². The summed E-state index contributed by atoms with van der Waals surface area (Å²) in [5, 5.41) is 200. The third-order valence-corrected chi connectivity index (χ3v) is 10.5. The fourth-order valence-electron chi connectivity index (χ4n) is 6.35. The second kappa shape index (κ2) is 30.5. The summed E-state index contributed by atoms with van der Waals surface area (Å²) in [6, 6.07) is 0. The van der Waals surface area contributed by atoms with Crippen LogP contribution in [0.2, 0.25) is 0 Å². The van der Waals surface area contributed by atoms with Gasteiger partial charge in [0.05, 0.1) is 57.0 Å². The summed E-state index contributed by atoms with van der Waals surface area (Å²) in [5.41, 5.74) is -0.766. The van der Waals surface area contributed by atoms with Crippen LogP contribution in [-0.4, -0.2) is 298 Å². The molecule has 0 aliphatic heterocycles. The van der Waals surface area contributed by atoms with Crippen LogP contribution >= 0.6 is 0 Å². The molecule has 1 amide bonds. The Morgan fingerprint density at radius 2 is 0.788 bits per heavy atom. The van der Waals surface area contributed by atoms with E-state index in [1.54, 1.807) is 13.8 Å². The van der Waals surface area contributed by atoms with Crippen LogP contribution in [0.15, 0.2) is 0 Å². The number of ketones is 1. The van der Waals surface area contributed by atoms with Gasteiger partial charge in [-0.05, 0) is 20.3 Å². The van der Waals surface area contributed by atoms with E-state index in [9.17, 15) is 91.3 Å². The van der Waals surface area contributed by atoms with Gasteiger partial charge in [0, 0.05) is 52.2 Å². The Morgan fingerprint density at radius 1 is 0.470 bits per heavy atom. The van der Waals surface area contributed by atoms with E-state index >= 15 is 0 Å². The smallest absolute Gasteiger partial charge is 0.274 e. The maximum absolute atomic E-state index is 13.9. The number of hydrogen-bond donors (Lipinski definition) is 22. The number of nitrogens with one attached hydrogen (secondary N) is 3. The van der Waals surface area contributed by atoms with Crippen molar-refractivity contribution in [2.45, 2.75) is 131 Å². The van der Waals surface area contributed by atoms with E-state index in [1.807, 2.05) is 0 Å². The number of rotatable bonds is 35. The van der Waals surface area contributed by atoms with Crippen molar-refractivity contribution < 1.29 is 107 Å². The minimum Gasteiger partial charge on any atom is -0.394 e. The molecule has 0 radical (unpaired) electrons. The van der Waals surface area contributed by atoms with Crippen LogP contribution < -0.4 is 16.0 Å². The first-order valence-electron chi connectivity index (χ1n) is 21.3. The lowest BCUT2D eigenvalue weighted by molar-refractivity contribution is -0.130. The predicted molar refractivity (Wildman–Crippen MR) is 227 cm³/mol. The van der Waals surface area contributed by atoms with Gasteiger partial charge in [0.25, 0.3) is 5.91 Å². The first-order valence-corrected chi connectivity index (χ1v) is 21.3. The number of aliphatic hydroxyl groups excluding tert-OH is 19. The highest BCUT2D eigenvalue weighted by Gasteiger charge is 2.37. The molecule has 0 aliphatic carbocycles. The number of hydrogen-bond acceptors (Lipinski definition) is 27. The van der Waals surface area contributed by atoms with Crippen LogP contribution in [0, 0.1) is 0 Å². The fraction of sp³-hybridized carbons (Fsp3) is 0.842. The number of aromatic nitrogens is 2. The van der Waals surface area contributed by atoms with E-state index in [0.717, 1.165) is 9.80 Å². The minimum absolute atomic E-state index is 0.00226. The molecular formula is C38H73N7O21. The Hall–Kier alpha value is -3.02. The molecule has 0 saturated carbocycles. The molecule has 16 unspecified atom stereocenters. The molecule has 66 heavy (non-hydrogen) atoms. The van der Waals surface area contributed by atoms with Gasteiger partial charge in [-0.3, -0.25) is 19.4 Å². The average molecular weight is 964 g/mol. The first-order chi connectivity index (χ1) is 30.9. The molecule has 16 atom stereocenters. The van der Waals surface area contributed by atoms with Crippen molar-refractivity contribution in [2.75, 3.05) is 82.9 Å². The van der Waals surface area contributed by atoms with Gasteiger partial charge in [0.2, 0.25) is 0 Å². The molecular weight excluding hydrogens is 890 g/mol. The Bertz CT molecular complexity index is 1380. The summed E-state index contributed by atoms with van der Waals surface area (Å²) in [6.07, 6.45) is -31.4. The maximum atomic E-state index is 13.9. The van der Waals surface area contributed by atoms with Crippen molar-refractivity contribution in [1.82, 2.24) is 25.1 Å². The molecule has 22 N–H and O–H groups in total. The van der Waals surface area contributed by atoms with E-state index in [1.165, 1.54) is 6.92 Å². The number of carbonyl (C=O) groups is 2. The average Bonchev–Trinajstić information content (AvgIpc) is 3.31. The van der Waals surface area contributed by atoms with Gasteiger partial charge in [-0.2, -0.15) is 0 Å². The SMILES string of the molecule is CCNc1nc(C(=O)NCN(CC(O)C(O)C(O)C(O)CO)CC(O)C(O)C(O)C(O)CO)c(NCC)nc1C(=O)CCN(CC(O)C(O)C(O)C(O)CC)CC(O)C(O)C(O)C(O)CO. The zero-order chi connectivity index (χ0) is 50.6. The predicted octanol–water partition coefficient (Wildman–Crippen LogP) is -10.6. The number of amides is 1. The molecule has 28 heteroatoms. The topological polar surface area (TPSA) is 487 Å². The van der Waals surface area contributed by atoms with Gasteiger partial charge in [-0.25, -0.2) is 9.97 Å². The molecule has 0 bridgehead atoms. The van der Waals surface area contributed by atoms with Crippen molar-refractivity contribution in [2.24, 2.45) is 0 Å². The lowest BCUT2D eigenvalue weighted by Crippen LogP contribution is -2.54. The van der Waals surface area contributed by atoms with Gasteiger partial charge >= 0.3 is 0 Å². The summed E-state index contributed by atoms with van der Waals surface area (Å²) in [6.45, 7) is -1.74. The first kappa shape index (κ1) is 61.0. The van der Waals surface area contributed by atoms with Crippen molar-refractivity contribution in [3.8, 4) is 0 Å². The van der Waals surface area contributed by atoms with E-state index in [0.29, 0.717) is 0 Å². The van der Waals surface area contributed by atoms with Crippen molar-refractivity contribution >= 4 is 23.3 Å². The highest BCUT2D eigenvalue weighted by atomic mass is 16.4. The largest absolute Gasteiger partial charge is 0.394 e. The summed E-state index contributed by atoms with van der Waals surface area (Å²) in [4.78, 5) is 38.4. The maximum Gasteiger partial charge on any atom is 0.274 e. The van der Waals surface area contributed by atoms with Crippen molar-refractivity contribution in [3.63, 3.8) is 0 Å². The molecule has 386 valence electrons. The minimum atomic E-state index is -2.11. The Balaban J connectivity index is 3.55. The van der Waals surface area contributed by atoms with E-state index in [2.05, 4.69) is 25.9 Å². The summed E-state index contributed by atoms with van der Waals surface area (Å²) < 4.78 is 0. The number of carbonyl (C=O) groups excluding carboxylic acids is 2. The van der Waals surface area contributed by atoms with Gasteiger partial charge < -0.3 is 113 Å². The van der Waals surface area contributed by atoms with Crippen LogP contribution in [0.3, 0.4) is 0 Å². The molecule has 0 fully saturated rings. The van der Waals surface area contributed by atoms with Crippen molar-refractivity contribution in [3.05, 3.63) is 11.4 Å². The number of nitrogens with zero attached hydrogens (tertiary/aromatic N) is 4. The second-order valence-corrected chi connectivity index (χ2v) is 15.7. The molecule has 0 aromatic carbocycles. The molecule has 1 heterocycles. The summed E-state index contributed by atoms with van der Waals surface area (Å²) >= 11 is 0. The highest BCUT2D eigenvalue weighted by Crippen LogP contribution is 2.21. The molecule has 1 rings (SSSR count). The van der Waals surface area contributed by atoms with Crippen LogP contribution in [0.1, 0.15) is 54.6 Å². The Morgan fingerprint density at radius 3 is 1.14 bits per heavy atom. The van der Waals surface area contributed by atoms with Crippen LogP contribution in [-0.2, 0) is 0 Å². The van der Waals surface area contributed by atoms with Crippen molar-refractivity contribution in [1.29, 1.82) is 0 Å². The number of aliphatic hydroxyl groups is 19. The number of anilines is 2. The van der Waals surface area contributed by atoms with Gasteiger partial charge in [-0.1, -0.05) is 6.92 Å². The van der Waals surface area contributed by atoms with Gasteiger partial charge in [-0.15, -0.1) is 0 Å². The Kier molecular flexibility index (Phi) is 28.2. The third-order valence-electron chi connectivity index (χ3n) is 10.5. The van der Waals surface area contributed by atoms with Crippen LogP contribution in [0.25, 0.3) is 0 Å². The lowest BCUT2D eigenvalue weighted by Gasteiger charge is -2.33. The van der Waals surface area contributed by atoms with E-state index in [4.69, 9.17) is 15.3 Å². The number of Topliss-reactive ketones (excluding diaryl/α,β-unsaturated/α-hetero) is 1. The monoisotopic (exact) mass is 963 g/mol. The fourth-order valence-corrected chi connectivity index (χ4v) is 6.35. The zero-order valence-corrected chi connectivity index (χ0v) is 37.0. The Labute approximate surface area is 380 Å². The lowest BCUT2D eigenvalue weighted by atomic mass is 10.00. The third kappa shape index (κ3) is 18.5. The van der Waals surface area contributed by atoms with Gasteiger partial charge in [0.15, 0.2) is 28.8 Å².